The number of carboxylic acids is 1. The Labute approximate surface area is 123 Å². The maximum absolute atomic E-state index is 10.8. The van der Waals surface area contributed by atoms with Crippen molar-refractivity contribution in [2.45, 2.75) is 20.4 Å². The molecule has 2 rings (SSSR count). The minimum atomic E-state index is -0.995. The molecule has 0 spiro atoms. The Hall–Kier alpha value is -2.43. The first-order valence-electron chi connectivity index (χ1n) is 6.82. The first-order chi connectivity index (χ1) is 10.1. The van der Waals surface area contributed by atoms with Gasteiger partial charge in [0.25, 0.3) is 0 Å². The largest absolute Gasteiger partial charge is 0.491 e. The van der Waals surface area contributed by atoms with Gasteiger partial charge in [-0.15, -0.1) is 0 Å². The second-order valence-electron chi connectivity index (χ2n) is 5.16. The van der Waals surface area contributed by atoms with Crippen LogP contribution >= 0.6 is 0 Å². The summed E-state index contributed by atoms with van der Waals surface area (Å²) in [5.74, 6) is 0.786. The number of aromatic carboxylic acids is 1. The predicted octanol–water partition coefficient (Wildman–Crippen LogP) is 3.62. The van der Waals surface area contributed by atoms with Crippen molar-refractivity contribution < 1.29 is 19.1 Å². The van der Waals surface area contributed by atoms with Crippen molar-refractivity contribution >= 4 is 11.7 Å². The van der Waals surface area contributed by atoms with Crippen LogP contribution in [0.1, 0.15) is 30.0 Å². The van der Waals surface area contributed by atoms with E-state index in [0.717, 1.165) is 11.4 Å². The fourth-order valence-corrected chi connectivity index (χ4v) is 1.76. The summed E-state index contributed by atoms with van der Waals surface area (Å²) in [6.07, 6.45) is 1.24. The first-order valence-corrected chi connectivity index (χ1v) is 6.82. The average molecular weight is 289 g/mol. The molecule has 0 saturated heterocycles. The highest BCUT2D eigenvalue weighted by molar-refractivity contribution is 5.87. The number of furan rings is 1. The second kappa shape index (κ2) is 6.83. The number of carboxylic acid groups (broad SMARTS) is 1. The van der Waals surface area contributed by atoms with Crippen LogP contribution in [0.3, 0.4) is 0 Å². The molecule has 0 aliphatic carbocycles. The first kappa shape index (κ1) is 15.0. The van der Waals surface area contributed by atoms with Crippen LogP contribution in [0.25, 0.3) is 0 Å². The molecule has 5 nitrogen and oxygen atoms in total. The van der Waals surface area contributed by atoms with E-state index in [-0.39, 0.29) is 5.56 Å². The molecule has 2 N–H and O–H groups in total. The molecule has 0 bridgehead atoms. The second-order valence-corrected chi connectivity index (χ2v) is 5.16. The molecule has 1 aromatic heterocycles. The van der Waals surface area contributed by atoms with Crippen LogP contribution in [0.4, 0.5) is 5.69 Å². The van der Waals surface area contributed by atoms with Gasteiger partial charge in [-0.2, -0.15) is 0 Å². The van der Waals surface area contributed by atoms with Gasteiger partial charge in [0.2, 0.25) is 0 Å². The zero-order valence-corrected chi connectivity index (χ0v) is 12.1. The van der Waals surface area contributed by atoms with Gasteiger partial charge in [-0.1, -0.05) is 26.0 Å². The van der Waals surface area contributed by atoms with Gasteiger partial charge in [-0.25, -0.2) is 4.79 Å². The maximum atomic E-state index is 10.8. The third kappa shape index (κ3) is 4.27. The van der Waals surface area contributed by atoms with E-state index in [4.69, 9.17) is 14.3 Å². The highest BCUT2D eigenvalue weighted by atomic mass is 16.5. The van der Waals surface area contributed by atoms with Gasteiger partial charge >= 0.3 is 5.97 Å². The summed E-state index contributed by atoms with van der Waals surface area (Å²) in [4.78, 5) is 10.8. The van der Waals surface area contributed by atoms with E-state index in [1.165, 1.54) is 12.3 Å². The number of rotatable bonds is 7. The smallest absolute Gasteiger partial charge is 0.338 e. The molecule has 112 valence electrons. The van der Waals surface area contributed by atoms with Crippen molar-refractivity contribution in [3.05, 3.63) is 47.9 Å². The molecule has 2 aromatic rings. The Morgan fingerprint density at radius 3 is 2.81 bits per heavy atom. The third-order valence-corrected chi connectivity index (χ3v) is 2.81. The molecule has 1 aromatic carbocycles. The zero-order chi connectivity index (χ0) is 15.2. The van der Waals surface area contributed by atoms with E-state index in [9.17, 15) is 4.79 Å². The Morgan fingerprint density at radius 2 is 2.14 bits per heavy atom. The van der Waals surface area contributed by atoms with Crippen LogP contribution in [0.2, 0.25) is 0 Å². The normalized spacial score (nSPS) is 10.6. The molecule has 0 radical (unpaired) electrons. The highest BCUT2D eigenvalue weighted by Gasteiger charge is 2.09. The summed E-state index contributed by atoms with van der Waals surface area (Å²) >= 11 is 0. The standard InChI is InChI=1S/C16H19NO4/c1-11(2)9-21-15-6-4-3-5-14(15)17-8-13-7-12(10-20-13)16(18)19/h3-7,10-11,17H,8-9H2,1-2H3,(H,18,19). The fourth-order valence-electron chi connectivity index (χ4n) is 1.76. The molecule has 0 aliphatic heterocycles. The molecular formula is C16H19NO4. The van der Waals surface area contributed by atoms with Gasteiger partial charge in [0, 0.05) is 0 Å². The van der Waals surface area contributed by atoms with E-state index in [0.29, 0.717) is 24.8 Å². The lowest BCUT2D eigenvalue weighted by atomic mass is 10.2. The number of carbonyl (C=O) groups is 1. The molecule has 0 amide bonds. The van der Waals surface area contributed by atoms with Gasteiger partial charge in [0.05, 0.1) is 24.4 Å². The van der Waals surface area contributed by atoms with Crippen molar-refractivity contribution in [2.75, 3.05) is 11.9 Å². The van der Waals surface area contributed by atoms with E-state index < -0.39 is 5.97 Å². The van der Waals surface area contributed by atoms with Crippen LogP contribution in [0.5, 0.6) is 5.75 Å². The molecule has 5 heteroatoms. The lowest BCUT2D eigenvalue weighted by molar-refractivity contribution is 0.0696. The van der Waals surface area contributed by atoms with Crippen LogP contribution < -0.4 is 10.1 Å². The number of benzene rings is 1. The fraction of sp³-hybridized carbons (Fsp3) is 0.312. The molecule has 0 fully saturated rings. The van der Waals surface area contributed by atoms with Crippen molar-refractivity contribution in [1.82, 2.24) is 0 Å². The molecule has 0 saturated carbocycles. The number of anilines is 1. The molecule has 0 aliphatic rings. The summed E-state index contributed by atoms with van der Waals surface area (Å²) in [6, 6.07) is 9.14. The average Bonchev–Trinajstić information content (AvgIpc) is 2.93. The van der Waals surface area contributed by atoms with E-state index in [2.05, 4.69) is 19.2 Å². The van der Waals surface area contributed by atoms with Crippen LogP contribution in [0, 0.1) is 5.92 Å². The summed E-state index contributed by atoms with van der Waals surface area (Å²) < 4.78 is 10.9. The summed E-state index contributed by atoms with van der Waals surface area (Å²) in [5.41, 5.74) is 1.00. The highest BCUT2D eigenvalue weighted by Crippen LogP contribution is 2.25. The Bertz CT molecular complexity index is 604. The molecule has 21 heavy (non-hydrogen) atoms. The van der Waals surface area contributed by atoms with Crippen molar-refractivity contribution in [3.63, 3.8) is 0 Å². The number of ether oxygens (including phenoxy) is 1. The van der Waals surface area contributed by atoms with E-state index >= 15 is 0 Å². The van der Waals surface area contributed by atoms with Gasteiger partial charge in [0.15, 0.2) is 0 Å². The number of hydrogen-bond donors (Lipinski definition) is 2. The summed E-state index contributed by atoms with van der Waals surface area (Å²) in [7, 11) is 0. The quantitative estimate of drug-likeness (QED) is 0.814. The SMILES string of the molecule is CC(C)COc1ccccc1NCc1cc(C(=O)O)co1. The monoisotopic (exact) mass is 289 g/mol. The Balaban J connectivity index is 2.00. The summed E-state index contributed by atoms with van der Waals surface area (Å²) in [6.45, 7) is 5.22. The van der Waals surface area contributed by atoms with Crippen LogP contribution in [-0.4, -0.2) is 17.7 Å². The van der Waals surface area contributed by atoms with E-state index in [1.54, 1.807) is 0 Å². The molecular weight excluding hydrogens is 270 g/mol. The summed E-state index contributed by atoms with van der Waals surface area (Å²) in [5, 5.41) is 12.0. The van der Waals surface area contributed by atoms with Crippen molar-refractivity contribution in [1.29, 1.82) is 0 Å². The zero-order valence-electron chi connectivity index (χ0n) is 12.1. The third-order valence-electron chi connectivity index (χ3n) is 2.81. The van der Waals surface area contributed by atoms with Gasteiger partial charge < -0.3 is 19.6 Å². The lowest BCUT2D eigenvalue weighted by Gasteiger charge is -2.13. The number of hydrogen-bond acceptors (Lipinski definition) is 4. The Kier molecular flexibility index (Phi) is 4.87. The van der Waals surface area contributed by atoms with Crippen LogP contribution in [-0.2, 0) is 6.54 Å². The van der Waals surface area contributed by atoms with Crippen molar-refractivity contribution in [3.8, 4) is 5.75 Å². The number of nitrogens with one attached hydrogen (secondary N) is 1. The van der Waals surface area contributed by atoms with Crippen molar-refractivity contribution in [2.24, 2.45) is 5.92 Å². The van der Waals surface area contributed by atoms with Gasteiger partial charge in [-0.3, -0.25) is 0 Å². The Morgan fingerprint density at radius 1 is 1.38 bits per heavy atom. The lowest BCUT2D eigenvalue weighted by Crippen LogP contribution is -2.07. The topological polar surface area (TPSA) is 71.7 Å². The molecule has 1 heterocycles. The minimum Gasteiger partial charge on any atom is -0.491 e. The van der Waals surface area contributed by atoms with Gasteiger partial charge in [0.1, 0.15) is 17.8 Å². The predicted molar refractivity (Wildman–Crippen MR) is 79.8 cm³/mol. The van der Waals surface area contributed by atoms with Crippen LogP contribution in [0.15, 0.2) is 41.0 Å². The maximum Gasteiger partial charge on any atom is 0.338 e. The minimum absolute atomic E-state index is 0.149. The number of para-hydroxylation sites is 2. The van der Waals surface area contributed by atoms with E-state index in [1.807, 2.05) is 24.3 Å². The molecule has 0 atom stereocenters. The van der Waals surface area contributed by atoms with Gasteiger partial charge in [-0.05, 0) is 24.1 Å². The molecule has 0 unspecified atom stereocenters.